The van der Waals surface area contributed by atoms with Crippen LogP contribution in [-0.4, -0.2) is 28.5 Å². The van der Waals surface area contributed by atoms with Gasteiger partial charge in [0.05, 0.1) is 11.1 Å². The zero-order valence-electron chi connectivity index (χ0n) is 17.2. The molecular weight excluding hydrogens is 390 g/mol. The van der Waals surface area contributed by atoms with Crippen molar-refractivity contribution in [1.82, 2.24) is 9.47 Å². The van der Waals surface area contributed by atoms with Crippen LogP contribution < -0.4 is 5.76 Å². The van der Waals surface area contributed by atoms with Crippen LogP contribution in [0.4, 0.5) is 8.78 Å². The van der Waals surface area contributed by atoms with Gasteiger partial charge in [-0.15, -0.1) is 0 Å². The molecule has 7 heteroatoms. The van der Waals surface area contributed by atoms with E-state index >= 15 is 0 Å². The van der Waals surface area contributed by atoms with Crippen molar-refractivity contribution in [3.8, 4) is 0 Å². The van der Waals surface area contributed by atoms with Crippen molar-refractivity contribution < 1.29 is 18.0 Å². The molecule has 158 valence electrons. The van der Waals surface area contributed by atoms with E-state index in [0.29, 0.717) is 37.6 Å². The lowest BCUT2D eigenvalue weighted by atomic mass is 9.87. The predicted molar refractivity (Wildman–Crippen MR) is 110 cm³/mol. The van der Waals surface area contributed by atoms with E-state index < -0.39 is 23.3 Å². The molecule has 0 N–H and O–H groups in total. The highest BCUT2D eigenvalue weighted by Crippen LogP contribution is 2.30. The molecule has 5 nitrogen and oxygen atoms in total. The third-order valence-electron chi connectivity index (χ3n) is 5.76. The van der Waals surface area contributed by atoms with Crippen LogP contribution in [0.1, 0.15) is 55.6 Å². The van der Waals surface area contributed by atoms with Gasteiger partial charge < -0.3 is 9.32 Å². The van der Waals surface area contributed by atoms with Gasteiger partial charge in [0.15, 0.2) is 5.58 Å². The van der Waals surface area contributed by atoms with E-state index in [-0.39, 0.29) is 17.0 Å². The number of aromatic nitrogens is 1. The van der Waals surface area contributed by atoms with Crippen molar-refractivity contribution in [1.29, 1.82) is 0 Å². The minimum Gasteiger partial charge on any atom is -0.408 e. The summed E-state index contributed by atoms with van der Waals surface area (Å²) >= 11 is 0. The number of oxazole rings is 1. The summed E-state index contributed by atoms with van der Waals surface area (Å²) in [4.78, 5) is 26.7. The number of fused-ring (bicyclic) bond motifs is 1. The molecule has 2 heterocycles. The van der Waals surface area contributed by atoms with Crippen LogP contribution >= 0.6 is 0 Å². The third-order valence-corrected chi connectivity index (χ3v) is 5.76. The highest BCUT2D eigenvalue weighted by molar-refractivity contribution is 5.94. The SMILES string of the molecule is CC(C)(C)c1ccc2oc(=O)n(C3CCN(C(=O)c4ccc(F)cc4F)CC3)c2c1. The normalized spacial score (nSPS) is 15.7. The number of carbonyl (C=O) groups is 1. The largest absolute Gasteiger partial charge is 0.420 e. The Morgan fingerprint density at radius 2 is 1.77 bits per heavy atom. The highest BCUT2D eigenvalue weighted by atomic mass is 19.1. The standard InChI is InChI=1S/C23H24F2N2O3/c1-23(2,3)14-4-7-20-19(12-14)27(22(29)30-20)16-8-10-26(11-9-16)21(28)17-6-5-15(24)13-18(17)25/h4-7,12-13,16H,8-11H2,1-3H3. The van der Waals surface area contributed by atoms with E-state index in [1.54, 1.807) is 9.47 Å². The summed E-state index contributed by atoms with van der Waals surface area (Å²) in [6.45, 7) is 7.07. The monoisotopic (exact) mass is 414 g/mol. The Kier molecular flexibility index (Phi) is 5.00. The molecule has 1 aliphatic heterocycles. The van der Waals surface area contributed by atoms with E-state index in [4.69, 9.17) is 4.42 Å². The number of carbonyl (C=O) groups excluding carboxylic acids is 1. The molecule has 4 rings (SSSR count). The first-order chi connectivity index (χ1) is 14.1. The second-order valence-electron chi connectivity index (χ2n) is 8.82. The summed E-state index contributed by atoms with van der Waals surface area (Å²) in [6, 6.07) is 8.62. The van der Waals surface area contributed by atoms with Crippen molar-refractivity contribution >= 4 is 17.0 Å². The maximum absolute atomic E-state index is 14.0. The molecule has 1 aromatic heterocycles. The van der Waals surface area contributed by atoms with Crippen LogP contribution in [-0.2, 0) is 5.41 Å². The molecule has 0 saturated carbocycles. The average molecular weight is 414 g/mol. The van der Waals surface area contributed by atoms with Crippen molar-refractivity contribution in [3.63, 3.8) is 0 Å². The van der Waals surface area contributed by atoms with Crippen molar-refractivity contribution in [3.05, 3.63) is 69.7 Å². The molecule has 0 radical (unpaired) electrons. The van der Waals surface area contributed by atoms with Gasteiger partial charge in [-0.05, 0) is 48.1 Å². The maximum atomic E-state index is 14.0. The van der Waals surface area contributed by atoms with Crippen molar-refractivity contribution in [2.45, 2.75) is 45.1 Å². The van der Waals surface area contributed by atoms with Gasteiger partial charge in [-0.3, -0.25) is 9.36 Å². The van der Waals surface area contributed by atoms with Gasteiger partial charge >= 0.3 is 5.76 Å². The molecule has 0 atom stereocenters. The van der Waals surface area contributed by atoms with Crippen LogP contribution in [0.2, 0.25) is 0 Å². The lowest BCUT2D eigenvalue weighted by Gasteiger charge is -2.32. The number of hydrogen-bond acceptors (Lipinski definition) is 3. The number of benzene rings is 2. The van der Waals surface area contributed by atoms with Crippen molar-refractivity contribution in [2.24, 2.45) is 0 Å². The summed E-state index contributed by atoms with van der Waals surface area (Å²) in [7, 11) is 0. The maximum Gasteiger partial charge on any atom is 0.420 e. The first-order valence-corrected chi connectivity index (χ1v) is 10.0. The molecular formula is C23H24F2N2O3. The Morgan fingerprint density at radius 3 is 2.40 bits per heavy atom. The quantitative estimate of drug-likeness (QED) is 0.614. The predicted octanol–water partition coefficient (Wildman–Crippen LogP) is 4.65. The molecule has 0 bridgehead atoms. The summed E-state index contributed by atoms with van der Waals surface area (Å²) < 4.78 is 34.2. The zero-order chi connectivity index (χ0) is 21.6. The second-order valence-corrected chi connectivity index (χ2v) is 8.82. The smallest absolute Gasteiger partial charge is 0.408 e. The topological polar surface area (TPSA) is 55.5 Å². The van der Waals surface area contributed by atoms with Crippen LogP contribution in [0, 0.1) is 11.6 Å². The second kappa shape index (κ2) is 7.38. The summed E-state index contributed by atoms with van der Waals surface area (Å²) in [6.07, 6.45) is 1.09. The first kappa shape index (κ1) is 20.3. The molecule has 3 aromatic rings. The van der Waals surface area contributed by atoms with Gasteiger partial charge in [0.1, 0.15) is 11.6 Å². The van der Waals surface area contributed by atoms with Gasteiger partial charge in [0.2, 0.25) is 0 Å². The molecule has 1 saturated heterocycles. The van der Waals surface area contributed by atoms with Gasteiger partial charge in [0.25, 0.3) is 5.91 Å². The molecule has 0 unspecified atom stereocenters. The van der Waals surface area contributed by atoms with E-state index in [0.717, 1.165) is 17.1 Å². The molecule has 0 aliphatic carbocycles. The van der Waals surface area contributed by atoms with Crippen LogP contribution in [0.25, 0.3) is 11.1 Å². The Hall–Kier alpha value is -2.96. The van der Waals surface area contributed by atoms with Gasteiger partial charge in [-0.2, -0.15) is 0 Å². The fraction of sp³-hybridized carbons (Fsp3) is 0.391. The van der Waals surface area contributed by atoms with E-state index in [9.17, 15) is 18.4 Å². The van der Waals surface area contributed by atoms with Gasteiger partial charge in [-0.25, -0.2) is 13.6 Å². The number of piperidine rings is 1. The fourth-order valence-corrected chi connectivity index (χ4v) is 4.01. The Bertz CT molecular complexity index is 1170. The molecule has 30 heavy (non-hydrogen) atoms. The van der Waals surface area contributed by atoms with Crippen LogP contribution in [0.15, 0.2) is 45.6 Å². The highest BCUT2D eigenvalue weighted by Gasteiger charge is 2.29. The lowest BCUT2D eigenvalue weighted by Crippen LogP contribution is -2.40. The minimum absolute atomic E-state index is 0.0681. The fourth-order valence-electron chi connectivity index (χ4n) is 4.01. The molecule has 1 amide bonds. The summed E-state index contributed by atoms with van der Waals surface area (Å²) in [5.41, 5.74) is 2.18. The Morgan fingerprint density at radius 1 is 1.07 bits per heavy atom. The van der Waals surface area contributed by atoms with Crippen molar-refractivity contribution in [2.75, 3.05) is 13.1 Å². The molecule has 1 fully saturated rings. The zero-order valence-corrected chi connectivity index (χ0v) is 17.2. The number of halogens is 2. The Labute approximate surface area is 172 Å². The van der Waals surface area contributed by atoms with E-state index in [1.807, 2.05) is 18.2 Å². The molecule has 1 aliphatic rings. The third kappa shape index (κ3) is 3.64. The number of nitrogens with zero attached hydrogens (tertiary/aromatic N) is 2. The van der Waals surface area contributed by atoms with Crippen LogP contribution in [0.3, 0.4) is 0 Å². The van der Waals surface area contributed by atoms with Gasteiger partial charge in [0, 0.05) is 25.2 Å². The van der Waals surface area contributed by atoms with E-state index in [2.05, 4.69) is 20.8 Å². The average Bonchev–Trinajstić information content (AvgIpc) is 3.02. The summed E-state index contributed by atoms with van der Waals surface area (Å²) in [5.74, 6) is -2.46. The number of hydrogen-bond donors (Lipinski definition) is 0. The van der Waals surface area contributed by atoms with E-state index in [1.165, 1.54) is 6.07 Å². The molecule has 0 spiro atoms. The van der Waals surface area contributed by atoms with Gasteiger partial charge in [-0.1, -0.05) is 26.8 Å². The van der Waals surface area contributed by atoms with Crippen LogP contribution in [0.5, 0.6) is 0 Å². The number of amides is 1. The molecule has 2 aromatic carbocycles. The summed E-state index contributed by atoms with van der Waals surface area (Å²) in [5, 5.41) is 0. The minimum atomic E-state index is -0.867. The number of rotatable bonds is 2. The Balaban J connectivity index is 1.57. The number of likely N-dealkylation sites (tertiary alicyclic amines) is 1. The first-order valence-electron chi connectivity index (χ1n) is 10.0. The lowest BCUT2D eigenvalue weighted by molar-refractivity contribution is 0.0689.